The number of hydrogen-bond donors (Lipinski definition) is 1. The Balaban J connectivity index is 2.07. The molecule has 1 atom stereocenters. The lowest BCUT2D eigenvalue weighted by molar-refractivity contribution is 0.648. The number of rotatable bonds is 2. The third-order valence-corrected chi connectivity index (χ3v) is 3.74. The van der Waals surface area contributed by atoms with Crippen molar-refractivity contribution in [3.05, 3.63) is 29.6 Å². The van der Waals surface area contributed by atoms with Crippen molar-refractivity contribution in [2.75, 3.05) is 6.54 Å². The molecule has 1 aliphatic rings. The normalized spacial score (nSPS) is 20.2. The highest BCUT2D eigenvalue weighted by Gasteiger charge is 2.17. The molecule has 2 aromatic rings. The van der Waals surface area contributed by atoms with Crippen LogP contribution in [-0.2, 0) is 6.54 Å². The number of nitrogens with one attached hydrogen (secondary N) is 1. The first-order valence-electron chi connectivity index (χ1n) is 6.49. The zero-order valence-electron chi connectivity index (χ0n) is 10.5. The molecular formula is C14H19N3. The van der Waals surface area contributed by atoms with Gasteiger partial charge in [0.25, 0.3) is 0 Å². The number of nitrogens with zero attached hydrogens (tertiary/aromatic N) is 2. The summed E-state index contributed by atoms with van der Waals surface area (Å²) >= 11 is 0. The Kier molecular flexibility index (Phi) is 2.63. The van der Waals surface area contributed by atoms with Gasteiger partial charge < -0.3 is 9.88 Å². The van der Waals surface area contributed by atoms with Crippen molar-refractivity contribution in [2.24, 2.45) is 0 Å². The van der Waals surface area contributed by atoms with Crippen LogP contribution in [0.4, 0.5) is 0 Å². The molecule has 0 spiro atoms. The van der Waals surface area contributed by atoms with E-state index in [1.54, 1.807) is 0 Å². The molecule has 1 fully saturated rings. The van der Waals surface area contributed by atoms with Crippen LogP contribution in [0.2, 0.25) is 0 Å². The van der Waals surface area contributed by atoms with Gasteiger partial charge in [0.05, 0.1) is 11.0 Å². The van der Waals surface area contributed by atoms with Crippen LogP contribution in [0.25, 0.3) is 11.0 Å². The first-order chi connectivity index (χ1) is 8.29. The van der Waals surface area contributed by atoms with Crippen molar-refractivity contribution in [2.45, 2.75) is 39.3 Å². The van der Waals surface area contributed by atoms with Crippen molar-refractivity contribution in [1.29, 1.82) is 0 Å². The molecule has 17 heavy (non-hydrogen) atoms. The van der Waals surface area contributed by atoms with Gasteiger partial charge in [-0.2, -0.15) is 0 Å². The lowest BCUT2D eigenvalue weighted by Gasteiger charge is -2.10. The highest BCUT2D eigenvalue weighted by molar-refractivity contribution is 5.77. The fourth-order valence-corrected chi connectivity index (χ4v) is 2.85. The molecule has 0 aliphatic carbocycles. The number of aryl methyl sites for hydroxylation is 2. The van der Waals surface area contributed by atoms with Gasteiger partial charge in [0.2, 0.25) is 0 Å². The Hall–Kier alpha value is -1.35. The van der Waals surface area contributed by atoms with Crippen LogP contribution in [0.5, 0.6) is 0 Å². The predicted octanol–water partition coefficient (Wildman–Crippen LogP) is 2.79. The molecule has 3 rings (SSSR count). The molecule has 1 unspecified atom stereocenters. The summed E-state index contributed by atoms with van der Waals surface area (Å²) in [5, 5.41) is 3.54. The largest absolute Gasteiger partial charge is 0.329 e. The average molecular weight is 229 g/mol. The molecule has 1 aromatic heterocycles. The highest BCUT2D eigenvalue weighted by Crippen LogP contribution is 2.26. The first-order valence-corrected chi connectivity index (χ1v) is 6.49. The zero-order chi connectivity index (χ0) is 11.8. The zero-order valence-corrected chi connectivity index (χ0v) is 10.5. The summed E-state index contributed by atoms with van der Waals surface area (Å²) in [4.78, 5) is 4.65. The van der Waals surface area contributed by atoms with Gasteiger partial charge in [0.1, 0.15) is 5.82 Å². The predicted molar refractivity (Wildman–Crippen MR) is 70.1 cm³/mol. The van der Waals surface area contributed by atoms with Gasteiger partial charge in [0, 0.05) is 12.6 Å². The smallest absolute Gasteiger partial charge is 0.106 e. The molecular weight excluding hydrogens is 210 g/mol. The van der Waals surface area contributed by atoms with Crippen LogP contribution in [0.1, 0.15) is 37.2 Å². The molecule has 2 heterocycles. The second kappa shape index (κ2) is 4.15. The van der Waals surface area contributed by atoms with E-state index in [0.29, 0.717) is 6.04 Å². The lowest BCUT2D eigenvalue weighted by Crippen LogP contribution is -2.12. The average Bonchev–Trinajstić information content (AvgIpc) is 2.93. The van der Waals surface area contributed by atoms with E-state index < -0.39 is 0 Å². The summed E-state index contributed by atoms with van der Waals surface area (Å²) in [6, 6.07) is 7.25. The van der Waals surface area contributed by atoms with Gasteiger partial charge in [-0.1, -0.05) is 6.07 Å². The summed E-state index contributed by atoms with van der Waals surface area (Å²) < 4.78 is 2.27. The van der Waals surface area contributed by atoms with Crippen molar-refractivity contribution in [1.82, 2.24) is 14.9 Å². The monoisotopic (exact) mass is 229 g/mol. The summed E-state index contributed by atoms with van der Waals surface area (Å²) in [7, 11) is 0. The minimum Gasteiger partial charge on any atom is -0.329 e. The minimum atomic E-state index is 0.534. The van der Waals surface area contributed by atoms with Crippen LogP contribution < -0.4 is 5.32 Å². The van der Waals surface area contributed by atoms with Crippen molar-refractivity contribution >= 4 is 11.0 Å². The van der Waals surface area contributed by atoms with E-state index in [4.69, 9.17) is 0 Å². The third-order valence-electron chi connectivity index (χ3n) is 3.74. The molecule has 0 amide bonds. The minimum absolute atomic E-state index is 0.534. The molecule has 3 nitrogen and oxygen atoms in total. The molecule has 3 heteroatoms. The van der Waals surface area contributed by atoms with Gasteiger partial charge in [-0.3, -0.25) is 0 Å². The number of benzene rings is 1. The summed E-state index contributed by atoms with van der Waals surface area (Å²) in [6.07, 6.45) is 2.53. The van der Waals surface area contributed by atoms with Crippen LogP contribution >= 0.6 is 0 Å². The van der Waals surface area contributed by atoms with Gasteiger partial charge in [-0.15, -0.1) is 0 Å². The first kappa shape index (κ1) is 10.8. The van der Waals surface area contributed by atoms with E-state index in [2.05, 4.69) is 46.9 Å². The standard InChI is InChI=1S/C14H19N3/c1-3-17-10(2)16-13-9-11(6-7-14(13)17)12-5-4-8-15-12/h6-7,9,12,15H,3-5,8H2,1-2H3. The van der Waals surface area contributed by atoms with Crippen LogP contribution in [0.3, 0.4) is 0 Å². The molecule has 1 aromatic carbocycles. The Bertz CT molecular complexity index is 536. The highest BCUT2D eigenvalue weighted by atomic mass is 15.1. The second-order valence-electron chi connectivity index (χ2n) is 4.80. The van der Waals surface area contributed by atoms with Crippen molar-refractivity contribution < 1.29 is 0 Å². The quantitative estimate of drug-likeness (QED) is 0.858. The molecule has 0 bridgehead atoms. The Labute approximate surface area is 102 Å². The topological polar surface area (TPSA) is 29.9 Å². The van der Waals surface area contributed by atoms with E-state index in [-0.39, 0.29) is 0 Å². The molecule has 0 saturated carbocycles. The number of fused-ring (bicyclic) bond motifs is 1. The number of aromatic nitrogens is 2. The van der Waals surface area contributed by atoms with Crippen molar-refractivity contribution in [3.8, 4) is 0 Å². The van der Waals surface area contributed by atoms with Gasteiger partial charge in [-0.25, -0.2) is 4.98 Å². The SMILES string of the molecule is CCn1c(C)nc2cc(C3CCCN3)ccc21. The summed E-state index contributed by atoms with van der Waals surface area (Å²) in [5.41, 5.74) is 3.78. The molecule has 1 saturated heterocycles. The van der Waals surface area contributed by atoms with E-state index in [0.717, 1.165) is 24.4 Å². The fraction of sp³-hybridized carbons (Fsp3) is 0.500. The molecule has 90 valence electrons. The summed E-state index contributed by atoms with van der Waals surface area (Å²) in [6.45, 7) is 6.38. The maximum absolute atomic E-state index is 4.65. The van der Waals surface area contributed by atoms with Crippen LogP contribution in [0, 0.1) is 6.92 Å². The van der Waals surface area contributed by atoms with Crippen LogP contribution in [0.15, 0.2) is 18.2 Å². The number of imidazole rings is 1. The maximum atomic E-state index is 4.65. The number of hydrogen-bond acceptors (Lipinski definition) is 2. The second-order valence-corrected chi connectivity index (χ2v) is 4.80. The maximum Gasteiger partial charge on any atom is 0.106 e. The summed E-state index contributed by atoms with van der Waals surface area (Å²) in [5.74, 6) is 1.11. The van der Waals surface area contributed by atoms with Crippen LogP contribution in [-0.4, -0.2) is 16.1 Å². The molecule has 1 N–H and O–H groups in total. The Morgan fingerprint density at radius 3 is 3.06 bits per heavy atom. The lowest BCUT2D eigenvalue weighted by atomic mass is 10.0. The van der Waals surface area contributed by atoms with E-state index in [1.165, 1.54) is 23.9 Å². The third kappa shape index (κ3) is 1.75. The Morgan fingerprint density at radius 1 is 1.47 bits per heavy atom. The van der Waals surface area contributed by atoms with Crippen molar-refractivity contribution in [3.63, 3.8) is 0 Å². The van der Waals surface area contributed by atoms with Gasteiger partial charge in [0.15, 0.2) is 0 Å². The van der Waals surface area contributed by atoms with E-state index in [1.807, 2.05) is 0 Å². The Morgan fingerprint density at radius 2 is 2.35 bits per heavy atom. The van der Waals surface area contributed by atoms with Gasteiger partial charge in [-0.05, 0) is 50.9 Å². The van der Waals surface area contributed by atoms with E-state index >= 15 is 0 Å². The van der Waals surface area contributed by atoms with E-state index in [9.17, 15) is 0 Å². The molecule has 1 aliphatic heterocycles. The fourth-order valence-electron chi connectivity index (χ4n) is 2.85. The van der Waals surface area contributed by atoms with Gasteiger partial charge >= 0.3 is 0 Å². The molecule has 0 radical (unpaired) electrons.